The minimum absolute atomic E-state index is 0.0286. The van der Waals surface area contributed by atoms with Crippen LogP contribution in [0.1, 0.15) is 20.3 Å². The van der Waals surface area contributed by atoms with E-state index in [0.29, 0.717) is 6.08 Å². The van der Waals surface area contributed by atoms with Gasteiger partial charge >= 0.3 is 18.1 Å². The second kappa shape index (κ2) is 7.60. The Kier molecular flexibility index (Phi) is 6.89. The van der Waals surface area contributed by atoms with Gasteiger partial charge in [-0.25, -0.2) is 9.59 Å². The molecule has 0 aliphatic rings. The molecular weight excluding hydrogens is 265 g/mol. The lowest BCUT2D eigenvalue weighted by atomic mass is 10.1. The highest BCUT2D eigenvalue weighted by Gasteiger charge is 2.35. The Hall–Kier alpha value is -1.79. The van der Waals surface area contributed by atoms with Gasteiger partial charge in [0, 0.05) is 23.6 Å². The molecule has 108 valence electrons. The molecule has 0 radical (unpaired) electrons. The highest BCUT2D eigenvalue weighted by molar-refractivity contribution is 5.89. The summed E-state index contributed by atoms with van der Waals surface area (Å²) in [5.74, 6) is -2.05. The summed E-state index contributed by atoms with van der Waals surface area (Å²) in [5, 5.41) is 0. The minimum atomic E-state index is -4.75. The summed E-state index contributed by atoms with van der Waals surface area (Å²) in [6, 6.07) is 0. The van der Waals surface area contributed by atoms with E-state index in [1.54, 1.807) is 0 Å². The van der Waals surface area contributed by atoms with Crippen LogP contribution in [0.4, 0.5) is 13.2 Å². The molecule has 0 N–H and O–H groups in total. The minimum Gasteiger partial charge on any atom is -0.463 e. The standard InChI is InChI=1S/C12H15F3O4/c1-4-18-10(16)7-9(12(13,14)15)6-8(3)11(17)19-5-2/h7H,3-6H2,1-2H3/b9-7+. The monoisotopic (exact) mass is 280 g/mol. The van der Waals surface area contributed by atoms with Gasteiger partial charge < -0.3 is 9.47 Å². The third-order valence-electron chi connectivity index (χ3n) is 1.91. The predicted octanol–water partition coefficient (Wildman–Crippen LogP) is 2.55. The number of hydrogen-bond donors (Lipinski definition) is 0. The highest BCUT2D eigenvalue weighted by atomic mass is 19.4. The third-order valence-corrected chi connectivity index (χ3v) is 1.91. The third kappa shape index (κ3) is 6.64. The number of allylic oxidation sites excluding steroid dienone is 1. The van der Waals surface area contributed by atoms with Crippen molar-refractivity contribution in [2.24, 2.45) is 0 Å². The molecular formula is C12H15F3O4. The number of halogens is 3. The van der Waals surface area contributed by atoms with Gasteiger partial charge in [0.2, 0.25) is 0 Å². The van der Waals surface area contributed by atoms with Gasteiger partial charge in [0.15, 0.2) is 0 Å². The Morgan fingerprint density at radius 2 is 1.68 bits per heavy atom. The zero-order valence-corrected chi connectivity index (χ0v) is 10.7. The zero-order valence-electron chi connectivity index (χ0n) is 10.7. The number of hydrogen-bond acceptors (Lipinski definition) is 4. The Morgan fingerprint density at radius 3 is 2.11 bits per heavy atom. The molecule has 0 aliphatic heterocycles. The topological polar surface area (TPSA) is 52.6 Å². The average molecular weight is 280 g/mol. The Labute approximate surface area is 108 Å². The van der Waals surface area contributed by atoms with E-state index >= 15 is 0 Å². The molecule has 4 nitrogen and oxygen atoms in total. The van der Waals surface area contributed by atoms with Gasteiger partial charge in [-0.05, 0) is 13.8 Å². The van der Waals surface area contributed by atoms with Gasteiger partial charge in [0.1, 0.15) is 0 Å². The van der Waals surface area contributed by atoms with Gasteiger partial charge in [0.05, 0.1) is 13.2 Å². The molecule has 0 spiro atoms. The van der Waals surface area contributed by atoms with Gasteiger partial charge in [-0.15, -0.1) is 0 Å². The maximum atomic E-state index is 12.7. The second-order valence-electron chi connectivity index (χ2n) is 3.42. The first kappa shape index (κ1) is 17.2. The van der Waals surface area contributed by atoms with Crippen LogP contribution in [0.2, 0.25) is 0 Å². The molecule has 0 saturated heterocycles. The van der Waals surface area contributed by atoms with Crippen molar-refractivity contribution >= 4 is 11.9 Å². The first-order valence-corrected chi connectivity index (χ1v) is 5.51. The smallest absolute Gasteiger partial charge is 0.413 e. The van der Waals surface area contributed by atoms with Crippen molar-refractivity contribution in [2.45, 2.75) is 26.4 Å². The molecule has 0 aromatic rings. The largest absolute Gasteiger partial charge is 0.463 e. The van der Waals surface area contributed by atoms with Gasteiger partial charge in [-0.3, -0.25) is 0 Å². The van der Waals surface area contributed by atoms with Crippen LogP contribution in [0.3, 0.4) is 0 Å². The van der Waals surface area contributed by atoms with Crippen LogP contribution in [0.5, 0.6) is 0 Å². The fraction of sp³-hybridized carbons (Fsp3) is 0.500. The van der Waals surface area contributed by atoms with E-state index in [9.17, 15) is 22.8 Å². The number of carbonyl (C=O) groups excluding carboxylic acids is 2. The van der Waals surface area contributed by atoms with E-state index < -0.39 is 30.1 Å². The van der Waals surface area contributed by atoms with Gasteiger partial charge in [-0.1, -0.05) is 6.58 Å². The molecule has 0 heterocycles. The van der Waals surface area contributed by atoms with E-state index in [0.717, 1.165) is 0 Å². The fourth-order valence-electron chi connectivity index (χ4n) is 1.09. The normalized spacial score (nSPS) is 11.9. The lowest BCUT2D eigenvalue weighted by Gasteiger charge is -2.12. The first-order valence-electron chi connectivity index (χ1n) is 5.51. The van der Waals surface area contributed by atoms with Crippen molar-refractivity contribution in [3.63, 3.8) is 0 Å². The fourth-order valence-corrected chi connectivity index (χ4v) is 1.09. The van der Waals surface area contributed by atoms with E-state index in [2.05, 4.69) is 16.1 Å². The van der Waals surface area contributed by atoms with E-state index in [1.807, 2.05) is 0 Å². The zero-order chi connectivity index (χ0) is 15.1. The van der Waals surface area contributed by atoms with Crippen LogP contribution in [-0.4, -0.2) is 31.3 Å². The maximum Gasteiger partial charge on any atom is 0.413 e. The van der Waals surface area contributed by atoms with Crippen LogP contribution in [0.25, 0.3) is 0 Å². The molecule has 0 amide bonds. The Balaban J connectivity index is 4.95. The molecule has 0 saturated carbocycles. The summed E-state index contributed by atoms with van der Waals surface area (Å²) in [6.45, 7) is 6.19. The number of esters is 2. The molecule has 0 aromatic heterocycles. The lowest BCUT2D eigenvalue weighted by molar-refractivity contribution is -0.140. The molecule has 0 rings (SSSR count). The van der Waals surface area contributed by atoms with Crippen molar-refractivity contribution < 1.29 is 32.2 Å². The molecule has 0 unspecified atom stereocenters. The van der Waals surface area contributed by atoms with Gasteiger partial charge in [0.25, 0.3) is 0 Å². The van der Waals surface area contributed by atoms with E-state index in [-0.39, 0.29) is 18.8 Å². The molecule has 19 heavy (non-hydrogen) atoms. The predicted molar refractivity (Wildman–Crippen MR) is 61.2 cm³/mol. The summed E-state index contributed by atoms with van der Waals surface area (Å²) in [7, 11) is 0. The van der Waals surface area contributed by atoms with Crippen molar-refractivity contribution in [3.05, 3.63) is 23.8 Å². The SMILES string of the molecule is C=C(C/C(=C\C(=O)OCC)C(F)(F)F)C(=O)OCC. The van der Waals surface area contributed by atoms with Crippen LogP contribution in [-0.2, 0) is 19.1 Å². The average Bonchev–Trinajstić information content (AvgIpc) is 2.27. The molecule has 7 heteroatoms. The molecule has 0 bridgehead atoms. The van der Waals surface area contributed by atoms with Crippen LogP contribution in [0, 0.1) is 0 Å². The molecule has 0 aliphatic carbocycles. The highest BCUT2D eigenvalue weighted by Crippen LogP contribution is 2.30. The Bertz CT molecular complexity index is 383. The maximum absolute atomic E-state index is 12.7. The summed E-state index contributed by atoms with van der Waals surface area (Å²) >= 11 is 0. The number of carbonyl (C=O) groups is 2. The quantitative estimate of drug-likeness (QED) is 0.554. The van der Waals surface area contributed by atoms with Crippen molar-refractivity contribution in [1.82, 2.24) is 0 Å². The van der Waals surface area contributed by atoms with E-state index in [1.165, 1.54) is 13.8 Å². The van der Waals surface area contributed by atoms with Gasteiger partial charge in [-0.2, -0.15) is 13.2 Å². The summed E-state index contributed by atoms with van der Waals surface area (Å²) < 4.78 is 46.9. The Morgan fingerprint density at radius 1 is 1.16 bits per heavy atom. The lowest BCUT2D eigenvalue weighted by Crippen LogP contribution is -2.17. The van der Waals surface area contributed by atoms with Crippen molar-refractivity contribution in [2.75, 3.05) is 13.2 Å². The van der Waals surface area contributed by atoms with Crippen LogP contribution in [0.15, 0.2) is 23.8 Å². The second-order valence-corrected chi connectivity index (χ2v) is 3.42. The summed E-state index contributed by atoms with van der Waals surface area (Å²) in [4.78, 5) is 22.2. The van der Waals surface area contributed by atoms with Crippen molar-refractivity contribution in [1.29, 1.82) is 0 Å². The number of alkyl halides is 3. The molecule has 0 fully saturated rings. The summed E-state index contributed by atoms with van der Waals surface area (Å²) in [5.41, 5.74) is -1.58. The first-order chi connectivity index (χ1) is 8.72. The molecule has 0 atom stereocenters. The van der Waals surface area contributed by atoms with Crippen molar-refractivity contribution in [3.8, 4) is 0 Å². The summed E-state index contributed by atoms with van der Waals surface area (Å²) in [6.07, 6.45) is -5.25. The van der Waals surface area contributed by atoms with E-state index in [4.69, 9.17) is 0 Å². The number of ether oxygens (including phenoxy) is 2. The van der Waals surface area contributed by atoms with Crippen LogP contribution < -0.4 is 0 Å². The van der Waals surface area contributed by atoms with Crippen LogP contribution >= 0.6 is 0 Å². The molecule has 0 aromatic carbocycles. The number of rotatable bonds is 6.